The summed E-state index contributed by atoms with van der Waals surface area (Å²) in [6.07, 6.45) is 2.79. The summed E-state index contributed by atoms with van der Waals surface area (Å²) in [6.45, 7) is 6.06. The molecule has 3 atom stereocenters. The molecule has 2 fully saturated rings. The van der Waals surface area contributed by atoms with Crippen molar-refractivity contribution in [3.8, 4) is 11.5 Å². The molecule has 0 unspecified atom stereocenters. The first-order valence-corrected chi connectivity index (χ1v) is 10.7. The van der Waals surface area contributed by atoms with E-state index in [1.807, 2.05) is 18.2 Å². The van der Waals surface area contributed by atoms with Gasteiger partial charge in [0.2, 0.25) is 0 Å². The molecule has 3 rings (SSSR count). The first-order chi connectivity index (χ1) is 12.4. The molecule has 0 aliphatic carbocycles. The second-order valence-corrected chi connectivity index (χ2v) is 9.54. The highest BCUT2D eigenvalue weighted by atomic mass is 32.2. The van der Waals surface area contributed by atoms with E-state index in [9.17, 15) is 8.42 Å². The van der Waals surface area contributed by atoms with Gasteiger partial charge in [-0.05, 0) is 48.8 Å². The minimum absolute atomic E-state index is 0.146. The molecular weight excluding hydrogens is 352 g/mol. The van der Waals surface area contributed by atoms with Gasteiger partial charge in [0.1, 0.15) is 0 Å². The molecule has 6 nitrogen and oxygen atoms in total. The summed E-state index contributed by atoms with van der Waals surface area (Å²) in [5.74, 6) is 2.09. The Morgan fingerprint density at radius 2 is 1.69 bits per heavy atom. The quantitative estimate of drug-likeness (QED) is 0.785. The largest absolute Gasteiger partial charge is 0.493 e. The third kappa shape index (κ3) is 3.70. The number of methoxy groups -OCH3 is 2. The average molecular weight is 383 g/mol. The van der Waals surface area contributed by atoms with Crippen molar-refractivity contribution in [1.82, 2.24) is 8.61 Å². The summed E-state index contributed by atoms with van der Waals surface area (Å²) in [5.41, 5.74) is 0.960. The SMILES string of the molecule is COc1ccc([C@@H]2CCCN2S(=O)(=O)N2C[C@@H](C)C[C@H](C)C2)cc1OC. The molecule has 0 saturated carbocycles. The topological polar surface area (TPSA) is 59.1 Å². The van der Waals surface area contributed by atoms with Crippen molar-refractivity contribution in [3.63, 3.8) is 0 Å². The lowest BCUT2D eigenvalue weighted by Gasteiger charge is -2.37. The van der Waals surface area contributed by atoms with Crippen LogP contribution in [0, 0.1) is 11.8 Å². The van der Waals surface area contributed by atoms with Gasteiger partial charge < -0.3 is 9.47 Å². The summed E-state index contributed by atoms with van der Waals surface area (Å²) < 4.78 is 40.7. The Morgan fingerprint density at radius 1 is 1.04 bits per heavy atom. The van der Waals surface area contributed by atoms with Gasteiger partial charge in [-0.25, -0.2) is 0 Å². The van der Waals surface area contributed by atoms with E-state index in [-0.39, 0.29) is 6.04 Å². The number of ether oxygens (including phenoxy) is 2. The number of piperidine rings is 1. The van der Waals surface area contributed by atoms with E-state index in [1.165, 1.54) is 0 Å². The predicted octanol–water partition coefficient (Wildman–Crippen LogP) is 3.06. The lowest BCUT2D eigenvalue weighted by Crippen LogP contribution is -2.49. The molecule has 0 radical (unpaired) electrons. The van der Waals surface area contributed by atoms with Crippen molar-refractivity contribution in [3.05, 3.63) is 23.8 Å². The molecule has 2 aliphatic heterocycles. The highest BCUT2D eigenvalue weighted by Gasteiger charge is 2.41. The van der Waals surface area contributed by atoms with Crippen molar-refractivity contribution >= 4 is 10.2 Å². The third-order valence-electron chi connectivity index (χ3n) is 5.45. The molecule has 1 aromatic carbocycles. The predicted molar refractivity (Wildman–Crippen MR) is 102 cm³/mol. The smallest absolute Gasteiger partial charge is 0.282 e. The van der Waals surface area contributed by atoms with Crippen LogP contribution in [0.15, 0.2) is 18.2 Å². The Morgan fingerprint density at radius 3 is 2.31 bits per heavy atom. The van der Waals surface area contributed by atoms with E-state index in [0.717, 1.165) is 24.8 Å². The van der Waals surface area contributed by atoms with E-state index in [4.69, 9.17) is 9.47 Å². The fourth-order valence-corrected chi connectivity index (χ4v) is 6.44. The lowest BCUT2D eigenvalue weighted by atomic mass is 9.94. The van der Waals surface area contributed by atoms with Gasteiger partial charge >= 0.3 is 0 Å². The van der Waals surface area contributed by atoms with Crippen molar-refractivity contribution in [2.24, 2.45) is 11.8 Å². The second-order valence-electron chi connectivity index (χ2n) is 7.65. The van der Waals surface area contributed by atoms with E-state index in [2.05, 4.69) is 13.8 Å². The van der Waals surface area contributed by atoms with Crippen LogP contribution in [-0.2, 0) is 10.2 Å². The number of rotatable bonds is 5. The summed E-state index contributed by atoms with van der Waals surface area (Å²) in [7, 11) is -0.267. The highest BCUT2D eigenvalue weighted by Crippen LogP contribution is 2.39. The van der Waals surface area contributed by atoms with E-state index < -0.39 is 10.2 Å². The van der Waals surface area contributed by atoms with Crippen LogP contribution in [-0.4, -0.2) is 50.9 Å². The van der Waals surface area contributed by atoms with Crippen LogP contribution in [0.2, 0.25) is 0 Å². The zero-order valence-corrected chi connectivity index (χ0v) is 17.0. The zero-order chi connectivity index (χ0) is 18.9. The minimum Gasteiger partial charge on any atom is -0.493 e. The number of benzene rings is 1. The molecule has 2 aliphatic rings. The van der Waals surface area contributed by atoms with Crippen LogP contribution in [0.25, 0.3) is 0 Å². The molecule has 0 aromatic heterocycles. The molecule has 7 heteroatoms. The summed E-state index contributed by atoms with van der Waals surface area (Å²) in [5, 5.41) is 0. The molecule has 0 N–H and O–H groups in total. The first-order valence-electron chi connectivity index (χ1n) is 9.35. The van der Waals surface area contributed by atoms with Crippen LogP contribution >= 0.6 is 0 Å². The van der Waals surface area contributed by atoms with Gasteiger partial charge in [0.15, 0.2) is 11.5 Å². The van der Waals surface area contributed by atoms with Crippen LogP contribution < -0.4 is 9.47 Å². The first kappa shape index (κ1) is 19.5. The number of hydrogen-bond acceptors (Lipinski definition) is 4. The highest BCUT2D eigenvalue weighted by molar-refractivity contribution is 7.86. The Kier molecular flexibility index (Phi) is 5.79. The Bertz CT molecular complexity index is 727. The molecule has 2 saturated heterocycles. The van der Waals surface area contributed by atoms with Crippen molar-refractivity contribution in [2.75, 3.05) is 33.9 Å². The van der Waals surface area contributed by atoms with E-state index in [1.54, 1.807) is 22.8 Å². The standard InChI is InChI=1S/C19H30N2O4S/c1-14-10-15(2)13-20(12-14)26(22,23)21-9-5-6-17(21)16-7-8-18(24-3)19(11-16)25-4/h7-8,11,14-15,17H,5-6,9-10,12-13H2,1-4H3/t14-,15-,17-/m0/s1. The average Bonchev–Trinajstić information content (AvgIpc) is 3.10. The van der Waals surface area contributed by atoms with Crippen LogP contribution in [0.4, 0.5) is 0 Å². The van der Waals surface area contributed by atoms with Gasteiger partial charge in [0.25, 0.3) is 10.2 Å². The van der Waals surface area contributed by atoms with Gasteiger partial charge in [-0.3, -0.25) is 0 Å². The maximum absolute atomic E-state index is 13.3. The monoisotopic (exact) mass is 382 g/mol. The van der Waals surface area contributed by atoms with Gasteiger partial charge in [0, 0.05) is 19.6 Å². The second kappa shape index (κ2) is 7.74. The molecule has 2 heterocycles. The van der Waals surface area contributed by atoms with Crippen LogP contribution in [0.3, 0.4) is 0 Å². The fraction of sp³-hybridized carbons (Fsp3) is 0.684. The summed E-state index contributed by atoms with van der Waals surface area (Å²) in [6, 6.07) is 5.55. The van der Waals surface area contributed by atoms with Crippen molar-refractivity contribution < 1.29 is 17.9 Å². The molecule has 0 spiro atoms. The molecule has 0 amide bonds. The van der Waals surface area contributed by atoms with Crippen molar-refractivity contribution in [1.29, 1.82) is 0 Å². The Labute approximate surface area is 157 Å². The Balaban J connectivity index is 1.88. The van der Waals surface area contributed by atoms with Gasteiger partial charge in [0.05, 0.1) is 20.3 Å². The van der Waals surface area contributed by atoms with Gasteiger partial charge in [-0.15, -0.1) is 0 Å². The molecule has 26 heavy (non-hydrogen) atoms. The minimum atomic E-state index is -3.47. The third-order valence-corrected chi connectivity index (χ3v) is 7.43. The van der Waals surface area contributed by atoms with Crippen LogP contribution in [0.1, 0.15) is 44.7 Å². The molecule has 146 valence electrons. The zero-order valence-electron chi connectivity index (χ0n) is 16.1. The van der Waals surface area contributed by atoms with Crippen LogP contribution in [0.5, 0.6) is 11.5 Å². The lowest BCUT2D eigenvalue weighted by molar-refractivity contribution is 0.206. The normalized spacial score (nSPS) is 28.2. The maximum atomic E-state index is 13.3. The fourth-order valence-electron chi connectivity index (χ4n) is 4.35. The number of nitrogens with zero attached hydrogens (tertiary/aromatic N) is 2. The summed E-state index contributed by atoms with van der Waals surface area (Å²) in [4.78, 5) is 0. The Hall–Kier alpha value is -1.31. The maximum Gasteiger partial charge on any atom is 0.282 e. The van der Waals surface area contributed by atoms with E-state index >= 15 is 0 Å². The van der Waals surface area contributed by atoms with Gasteiger partial charge in [-0.2, -0.15) is 17.0 Å². The number of hydrogen-bond donors (Lipinski definition) is 0. The molecule has 0 bridgehead atoms. The molecule has 1 aromatic rings. The molecular formula is C19H30N2O4S. The summed E-state index contributed by atoms with van der Waals surface area (Å²) >= 11 is 0. The van der Waals surface area contributed by atoms with Crippen molar-refractivity contribution in [2.45, 2.75) is 39.2 Å². The van der Waals surface area contributed by atoms with Gasteiger partial charge in [-0.1, -0.05) is 19.9 Å². The van der Waals surface area contributed by atoms with E-state index in [0.29, 0.717) is 43.0 Å².